The topological polar surface area (TPSA) is 55.2 Å². The number of hydrogen-bond acceptors (Lipinski definition) is 4. The molecule has 0 spiro atoms. The van der Waals surface area contributed by atoms with E-state index >= 15 is 0 Å². The van der Waals surface area contributed by atoms with Gasteiger partial charge in [0.2, 0.25) is 5.91 Å². The van der Waals surface area contributed by atoms with E-state index < -0.39 is 0 Å². The molecule has 0 bridgehead atoms. The lowest BCUT2D eigenvalue weighted by Crippen LogP contribution is -2.34. The highest BCUT2D eigenvalue weighted by atomic mass is 32.1. The number of benzene rings is 1. The van der Waals surface area contributed by atoms with E-state index in [0.717, 1.165) is 24.0 Å². The molecule has 3 aromatic rings. The lowest BCUT2D eigenvalue weighted by molar-refractivity contribution is -0.130. The van der Waals surface area contributed by atoms with Crippen molar-refractivity contribution in [3.05, 3.63) is 52.4 Å². The lowest BCUT2D eigenvalue weighted by atomic mass is 10.1. The summed E-state index contributed by atoms with van der Waals surface area (Å²) in [6.45, 7) is 2.81. The van der Waals surface area contributed by atoms with Crippen LogP contribution in [0.15, 0.2) is 46.8 Å². The third-order valence-corrected chi connectivity index (χ3v) is 5.11. The fourth-order valence-electron chi connectivity index (χ4n) is 2.70. The van der Waals surface area contributed by atoms with E-state index in [0.29, 0.717) is 16.8 Å². The molecule has 0 saturated carbocycles. The molecule has 0 atom stereocenters. The van der Waals surface area contributed by atoms with Crippen molar-refractivity contribution >= 4 is 27.5 Å². The number of aromatic nitrogens is 2. The number of rotatable bonds is 6. The van der Waals surface area contributed by atoms with Crippen LogP contribution in [0.5, 0.6) is 0 Å². The number of hydrogen-bond donors (Lipinski definition) is 0. The first-order chi connectivity index (χ1) is 12.1. The van der Waals surface area contributed by atoms with Crippen LogP contribution in [0.3, 0.4) is 0 Å². The maximum atomic E-state index is 12.9. The van der Waals surface area contributed by atoms with Gasteiger partial charge in [0.25, 0.3) is 5.56 Å². The molecule has 0 aliphatic carbocycles. The van der Waals surface area contributed by atoms with Crippen molar-refractivity contribution in [1.82, 2.24) is 14.5 Å². The minimum atomic E-state index is -0.164. The molecule has 25 heavy (non-hydrogen) atoms. The Bertz CT molecular complexity index is 931. The summed E-state index contributed by atoms with van der Waals surface area (Å²) >= 11 is 1.45. The highest BCUT2D eigenvalue weighted by Gasteiger charge is 2.15. The van der Waals surface area contributed by atoms with Crippen LogP contribution in [-0.2, 0) is 11.3 Å². The Balaban J connectivity index is 1.95. The van der Waals surface area contributed by atoms with E-state index in [9.17, 15) is 9.59 Å². The van der Waals surface area contributed by atoms with Crippen LogP contribution in [0.4, 0.5) is 0 Å². The SMILES string of the molecule is CCCCN(C)C(=O)Cn1cnc2scc(-c3ccccc3)c2c1=O. The van der Waals surface area contributed by atoms with Gasteiger partial charge in [-0.25, -0.2) is 4.98 Å². The molecule has 2 aromatic heterocycles. The molecule has 1 amide bonds. The van der Waals surface area contributed by atoms with Gasteiger partial charge >= 0.3 is 0 Å². The predicted octanol–water partition coefficient (Wildman–Crippen LogP) is 3.38. The van der Waals surface area contributed by atoms with Crippen LogP contribution in [-0.4, -0.2) is 34.0 Å². The van der Waals surface area contributed by atoms with Crippen LogP contribution < -0.4 is 5.56 Å². The standard InChI is InChI=1S/C19H21N3O2S/c1-3-4-10-21(2)16(23)11-22-13-20-18-17(19(22)24)15(12-25-18)14-8-6-5-7-9-14/h5-9,12-13H,3-4,10-11H2,1-2H3. The highest BCUT2D eigenvalue weighted by Crippen LogP contribution is 2.30. The monoisotopic (exact) mass is 355 g/mol. The van der Waals surface area contributed by atoms with Crippen molar-refractivity contribution in [2.24, 2.45) is 0 Å². The second-order valence-electron chi connectivity index (χ2n) is 6.04. The molecule has 2 heterocycles. The van der Waals surface area contributed by atoms with Gasteiger partial charge in [0, 0.05) is 24.5 Å². The number of likely N-dealkylation sites (N-methyl/N-ethyl adjacent to an activating group) is 1. The minimum absolute atomic E-state index is 0.0199. The van der Waals surface area contributed by atoms with E-state index in [-0.39, 0.29) is 18.0 Å². The molecule has 130 valence electrons. The average molecular weight is 355 g/mol. The van der Waals surface area contributed by atoms with Crippen molar-refractivity contribution < 1.29 is 4.79 Å². The van der Waals surface area contributed by atoms with E-state index in [1.807, 2.05) is 35.7 Å². The molecule has 0 unspecified atom stereocenters. The average Bonchev–Trinajstić information content (AvgIpc) is 3.07. The summed E-state index contributed by atoms with van der Waals surface area (Å²) in [5.41, 5.74) is 1.69. The maximum Gasteiger partial charge on any atom is 0.263 e. The third-order valence-electron chi connectivity index (χ3n) is 4.22. The summed E-state index contributed by atoms with van der Waals surface area (Å²) in [4.78, 5) is 32.0. The first-order valence-corrected chi connectivity index (χ1v) is 9.25. The molecular weight excluding hydrogens is 334 g/mol. The first-order valence-electron chi connectivity index (χ1n) is 8.37. The molecule has 0 aliphatic heterocycles. The van der Waals surface area contributed by atoms with Crippen LogP contribution in [0.2, 0.25) is 0 Å². The molecule has 6 heteroatoms. The van der Waals surface area contributed by atoms with E-state index in [1.54, 1.807) is 11.9 Å². The van der Waals surface area contributed by atoms with Gasteiger partial charge in [-0.2, -0.15) is 0 Å². The number of unbranched alkanes of at least 4 members (excludes halogenated alkanes) is 1. The van der Waals surface area contributed by atoms with Crippen LogP contribution >= 0.6 is 11.3 Å². The van der Waals surface area contributed by atoms with Crippen LogP contribution in [0, 0.1) is 0 Å². The van der Waals surface area contributed by atoms with Gasteiger partial charge in [-0.3, -0.25) is 14.2 Å². The summed E-state index contributed by atoms with van der Waals surface area (Å²) in [5.74, 6) is -0.0757. The fourth-order valence-corrected chi connectivity index (χ4v) is 3.60. The van der Waals surface area contributed by atoms with Crippen molar-refractivity contribution in [1.29, 1.82) is 0 Å². The number of carbonyl (C=O) groups excluding carboxylic acids is 1. The second-order valence-corrected chi connectivity index (χ2v) is 6.90. The Morgan fingerprint density at radius 2 is 2.04 bits per heavy atom. The minimum Gasteiger partial charge on any atom is -0.344 e. The van der Waals surface area contributed by atoms with Gasteiger partial charge in [0.05, 0.1) is 11.7 Å². The van der Waals surface area contributed by atoms with Gasteiger partial charge < -0.3 is 4.90 Å². The summed E-state index contributed by atoms with van der Waals surface area (Å²) in [5, 5.41) is 2.54. The lowest BCUT2D eigenvalue weighted by Gasteiger charge is -2.17. The molecule has 5 nitrogen and oxygen atoms in total. The van der Waals surface area contributed by atoms with Crippen LogP contribution in [0.25, 0.3) is 21.3 Å². The van der Waals surface area contributed by atoms with Gasteiger partial charge in [0.15, 0.2) is 0 Å². The van der Waals surface area contributed by atoms with Crippen molar-refractivity contribution in [3.63, 3.8) is 0 Å². The highest BCUT2D eigenvalue weighted by molar-refractivity contribution is 7.17. The largest absolute Gasteiger partial charge is 0.344 e. The van der Waals surface area contributed by atoms with Crippen molar-refractivity contribution in [3.8, 4) is 11.1 Å². The molecular formula is C19H21N3O2S. The van der Waals surface area contributed by atoms with Crippen molar-refractivity contribution in [2.45, 2.75) is 26.3 Å². The Labute approximate surface area is 150 Å². The predicted molar refractivity (Wildman–Crippen MR) is 102 cm³/mol. The summed E-state index contributed by atoms with van der Waals surface area (Å²) in [6, 6.07) is 9.78. The second kappa shape index (κ2) is 7.61. The van der Waals surface area contributed by atoms with Crippen LogP contribution in [0.1, 0.15) is 19.8 Å². The summed E-state index contributed by atoms with van der Waals surface area (Å²) in [6.07, 6.45) is 3.46. The van der Waals surface area contributed by atoms with Gasteiger partial charge in [0.1, 0.15) is 11.4 Å². The zero-order chi connectivity index (χ0) is 17.8. The normalized spacial score (nSPS) is 11.0. The molecule has 0 N–H and O–H groups in total. The van der Waals surface area contributed by atoms with E-state index in [1.165, 1.54) is 22.2 Å². The van der Waals surface area contributed by atoms with Crippen molar-refractivity contribution in [2.75, 3.05) is 13.6 Å². The molecule has 1 aromatic carbocycles. The summed E-state index contributed by atoms with van der Waals surface area (Å²) < 4.78 is 1.41. The van der Waals surface area contributed by atoms with Gasteiger partial charge in [-0.05, 0) is 12.0 Å². The molecule has 3 rings (SSSR count). The molecule has 0 fully saturated rings. The quantitative estimate of drug-likeness (QED) is 0.681. The Morgan fingerprint density at radius 1 is 1.28 bits per heavy atom. The number of carbonyl (C=O) groups is 1. The van der Waals surface area contributed by atoms with Gasteiger partial charge in [-0.15, -0.1) is 11.3 Å². The Kier molecular flexibility index (Phi) is 5.28. The number of amides is 1. The third kappa shape index (κ3) is 3.64. The molecule has 0 aliphatic rings. The number of fused-ring (bicyclic) bond motifs is 1. The van der Waals surface area contributed by atoms with E-state index in [4.69, 9.17) is 0 Å². The first kappa shape index (κ1) is 17.4. The smallest absolute Gasteiger partial charge is 0.263 e. The molecule has 0 saturated heterocycles. The van der Waals surface area contributed by atoms with Gasteiger partial charge in [-0.1, -0.05) is 43.7 Å². The zero-order valence-corrected chi connectivity index (χ0v) is 15.3. The maximum absolute atomic E-state index is 12.9. The molecule has 0 radical (unpaired) electrons. The Morgan fingerprint density at radius 3 is 2.76 bits per heavy atom. The number of thiophene rings is 1. The Hall–Kier alpha value is -2.47. The zero-order valence-electron chi connectivity index (χ0n) is 14.4. The van der Waals surface area contributed by atoms with E-state index in [2.05, 4.69) is 11.9 Å². The number of nitrogens with zero attached hydrogens (tertiary/aromatic N) is 3. The fraction of sp³-hybridized carbons (Fsp3) is 0.316. The summed E-state index contributed by atoms with van der Waals surface area (Å²) in [7, 11) is 1.77.